The van der Waals surface area contributed by atoms with Gasteiger partial charge in [0, 0.05) is 4.88 Å². The normalized spacial score (nSPS) is 11.4. The van der Waals surface area contributed by atoms with Gasteiger partial charge in [0.1, 0.15) is 10.6 Å². The minimum Gasteiger partial charge on any atom is -0.495 e. The number of thiazole rings is 1. The molecule has 0 bridgehead atoms. The first-order chi connectivity index (χ1) is 9.87. The Kier molecular flexibility index (Phi) is 4.50. The van der Waals surface area contributed by atoms with Gasteiger partial charge in [0.25, 0.3) is 10.0 Å². The molecule has 2 aromatic rings. The van der Waals surface area contributed by atoms with Gasteiger partial charge >= 0.3 is 0 Å². The van der Waals surface area contributed by atoms with Crippen LogP contribution < -0.4 is 9.46 Å². The molecule has 6 nitrogen and oxygen atoms in total. The second kappa shape index (κ2) is 6.00. The number of aliphatic hydroxyl groups excluding tert-OH is 1. The number of hydrogen-bond donors (Lipinski definition) is 2. The first-order valence-electron chi connectivity index (χ1n) is 6.12. The van der Waals surface area contributed by atoms with Crippen molar-refractivity contribution in [1.29, 1.82) is 0 Å². The van der Waals surface area contributed by atoms with Gasteiger partial charge in [0.15, 0.2) is 5.13 Å². The third-order valence-electron chi connectivity index (χ3n) is 2.95. The lowest BCUT2D eigenvalue weighted by Crippen LogP contribution is -2.14. The van der Waals surface area contributed by atoms with E-state index in [0.717, 1.165) is 10.6 Å². The van der Waals surface area contributed by atoms with Crippen molar-refractivity contribution in [3.05, 3.63) is 34.3 Å². The Balaban J connectivity index is 2.39. The van der Waals surface area contributed by atoms with E-state index in [-0.39, 0.29) is 17.3 Å². The maximum absolute atomic E-state index is 12.4. The maximum Gasteiger partial charge on any atom is 0.267 e. The van der Waals surface area contributed by atoms with Gasteiger partial charge in [-0.1, -0.05) is 6.07 Å². The molecule has 0 spiro atoms. The fourth-order valence-electron chi connectivity index (χ4n) is 1.72. The molecule has 0 fully saturated rings. The molecule has 0 saturated heterocycles. The van der Waals surface area contributed by atoms with Gasteiger partial charge in [0.05, 0.1) is 19.4 Å². The van der Waals surface area contributed by atoms with Crippen LogP contribution in [0.1, 0.15) is 16.1 Å². The molecule has 1 heterocycles. The highest BCUT2D eigenvalue weighted by molar-refractivity contribution is 7.93. The van der Waals surface area contributed by atoms with Crippen molar-refractivity contribution in [3.63, 3.8) is 0 Å². The number of nitrogens with one attached hydrogen (secondary N) is 1. The number of methoxy groups -OCH3 is 1. The van der Waals surface area contributed by atoms with Crippen LogP contribution >= 0.6 is 11.3 Å². The molecule has 0 amide bonds. The summed E-state index contributed by atoms with van der Waals surface area (Å²) in [6.45, 7) is 3.51. The van der Waals surface area contributed by atoms with Gasteiger partial charge < -0.3 is 9.84 Å². The van der Waals surface area contributed by atoms with Crippen LogP contribution in [0.25, 0.3) is 0 Å². The lowest BCUT2D eigenvalue weighted by molar-refractivity contribution is 0.280. The second-order valence-electron chi connectivity index (χ2n) is 4.41. The third-order valence-corrected chi connectivity index (χ3v) is 5.45. The Labute approximate surface area is 127 Å². The van der Waals surface area contributed by atoms with Gasteiger partial charge in [0.2, 0.25) is 0 Å². The van der Waals surface area contributed by atoms with Crippen molar-refractivity contribution < 1.29 is 18.3 Å². The quantitative estimate of drug-likeness (QED) is 0.877. The summed E-state index contributed by atoms with van der Waals surface area (Å²) >= 11 is 1.27. The van der Waals surface area contributed by atoms with Gasteiger partial charge in [-0.3, -0.25) is 4.72 Å². The summed E-state index contributed by atoms with van der Waals surface area (Å²) in [5.41, 5.74) is 1.37. The highest BCUT2D eigenvalue weighted by Gasteiger charge is 2.21. The molecule has 0 aliphatic carbocycles. The zero-order chi connectivity index (χ0) is 15.6. The SMILES string of the molecule is COc1cc(CO)ccc1S(=O)(=O)Nc1nc(C)c(C)s1. The number of rotatable bonds is 5. The van der Waals surface area contributed by atoms with E-state index in [1.165, 1.54) is 36.6 Å². The minimum atomic E-state index is -3.79. The smallest absolute Gasteiger partial charge is 0.267 e. The highest BCUT2D eigenvalue weighted by Crippen LogP contribution is 2.29. The molecule has 2 rings (SSSR count). The highest BCUT2D eigenvalue weighted by atomic mass is 32.2. The van der Waals surface area contributed by atoms with Crippen molar-refractivity contribution in [1.82, 2.24) is 4.98 Å². The standard InChI is InChI=1S/C13H16N2O4S2/c1-8-9(2)20-13(14-8)15-21(17,18)12-5-4-10(7-16)6-11(12)19-3/h4-6,16H,7H2,1-3H3,(H,14,15). The van der Waals surface area contributed by atoms with Crippen LogP contribution in [0.2, 0.25) is 0 Å². The topological polar surface area (TPSA) is 88.5 Å². The van der Waals surface area contributed by atoms with E-state index < -0.39 is 10.0 Å². The largest absolute Gasteiger partial charge is 0.495 e. The van der Waals surface area contributed by atoms with Crippen molar-refractivity contribution in [2.24, 2.45) is 0 Å². The zero-order valence-electron chi connectivity index (χ0n) is 11.9. The average molecular weight is 328 g/mol. The lowest BCUT2D eigenvalue weighted by Gasteiger charge is -2.11. The number of anilines is 1. The number of aliphatic hydroxyl groups is 1. The number of sulfonamides is 1. The fourth-order valence-corrected chi connectivity index (χ4v) is 3.92. The van der Waals surface area contributed by atoms with Crippen molar-refractivity contribution in [2.75, 3.05) is 11.8 Å². The summed E-state index contributed by atoms with van der Waals surface area (Å²) in [6.07, 6.45) is 0. The predicted octanol–water partition coefficient (Wildman–Crippen LogP) is 2.06. The maximum atomic E-state index is 12.4. The number of aryl methyl sites for hydroxylation is 2. The summed E-state index contributed by atoms with van der Waals surface area (Å²) in [5, 5.41) is 9.41. The molecule has 0 aliphatic heterocycles. The molecule has 1 aromatic carbocycles. The second-order valence-corrected chi connectivity index (χ2v) is 7.26. The summed E-state index contributed by atoms with van der Waals surface area (Å²) in [7, 11) is -2.41. The van der Waals surface area contributed by atoms with Crippen molar-refractivity contribution in [2.45, 2.75) is 25.3 Å². The van der Waals surface area contributed by atoms with E-state index in [2.05, 4.69) is 9.71 Å². The van der Waals surface area contributed by atoms with Crippen LogP contribution in [0.4, 0.5) is 5.13 Å². The van der Waals surface area contributed by atoms with Gasteiger partial charge in [-0.2, -0.15) is 0 Å². The number of nitrogens with zero attached hydrogens (tertiary/aromatic N) is 1. The number of benzene rings is 1. The Morgan fingerprint density at radius 1 is 1.38 bits per heavy atom. The first-order valence-corrected chi connectivity index (χ1v) is 8.42. The molecule has 0 radical (unpaired) electrons. The average Bonchev–Trinajstić information content (AvgIpc) is 2.75. The van der Waals surface area contributed by atoms with Crippen LogP contribution in [0.3, 0.4) is 0 Å². The van der Waals surface area contributed by atoms with Gasteiger partial charge in [-0.25, -0.2) is 13.4 Å². The van der Waals surface area contributed by atoms with Crippen molar-refractivity contribution >= 4 is 26.5 Å². The molecular formula is C13H16N2O4S2. The molecule has 1 aromatic heterocycles. The molecule has 21 heavy (non-hydrogen) atoms. The monoisotopic (exact) mass is 328 g/mol. The molecule has 0 atom stereocenters. The van der Waals surface area contributed by atoms with E-state index in [0.29, 0.717) is 10.7 Å². The van der Waals surface area contributed by atoms with E-state index in [1.54, 1.807) is 0 Å². The van der Waals surface area contributed by atoms with Crippen LogP contribution in [-0.4, -0.2) is 25.6 Å². The molecule has 2 N–H and O–H groups in total. The number of ether oxygens (including phenoxy) is 1. The van der Waals surface area contributed by atoms with E-state index >= 15 is 0 Å². The lowest BCUT2D eigenvalue weighted by atomic mass is 10.2. The summed E-state index contributed by atoms with van der Waals surface area (Å²) in [5.74, 6) is 0.180. The molecule has 0 aliphatic rings. The Bertz CT molecular complexity index is 734. The Morgan fingerprint density at radius 2 is 2.10 bits per heavy atom. The third kappa shape index (κ3) is 3.34. The molecule has 0 saturated carbocycles. The van der Waals surface area contributed by atoms with Crippen molar-refractivity contribution in [3.8, 4) is 5.75 Å². The van der Waals surface area contributed by atoms with E-state index in [9.17, 15) is 8.42 Å². The van der Waals surface area contributed by atoms with E-state index in [1.807, 2.05) is 13.8 Å². The molecule has 8 heteroatoms. The van der Waals surface area contributed by atoms with Gasteiger partial charge in [-0.05, 0) is 31.5 Å². The molecular weight excluding hydrogens is 312 g/mol. The summed E-state index contributed by atoms with van der Waals surface area (Å²) in [6, 6.07) is 4.43. The predicted molar refractivity (Wildman–Crippen MR) is 81.3 cm³/mol. The Hall–Kier alpha value is -1.64. The van der Waals surface area contributed by atoms with Crippen LogP contribution in [0, 0.1) is 13.8 Å². The number of aromatic nitrogens is 1. The minimum absolute atomic E-state index is 0.00714. The van der Waals surface area contributed by atoms with Crippen LogP contribution in [0.15, 0.2) is 23.1 Å². The Morgan fingerprint density at radius 3 is 2.62 bits per heavy atom. The zero-order valence-corrected chi connectivity index (χ0v) is 13.5. The summed E-state index contributed by atoms with van der Waals surface area (Å²) < 4.78 is 32.4. The van der Waals surface area contributed by atoms with Crippen LogP contribution in [-0.2, 0) is 16.6 Å². The van der Waals surface area contributed by atoms with Crippen LogP contribution in [0.5, 0.6) is 5.75 Å². The molecule has 114 valence electrons. The fraction of sp³-hybridized carbons (Fsp3) is 0.308. The van der Waals surface area contributed by atoms with Gasteiger partial charge in [-0.15, -0.1) is 11.3 Å². The molecule has 0 unspecified atom stereocenters. The van der Waals surface area contributed by atoms with E-state index in [4.69, 9.17) is 9.84 Å². The first kappa shape index (κ1) is 15.7. The summed E-state index contributed by atoms with van der Waals surface area (Å²) in [4.78, 5) is 5.12. The number of hydrogen-bond acceptors (Lipinski definition) is 6.